The summed E-state index contributed by atoms with van der Waals surface area (Å²) in [7, 11) is 0. The van der Waals surface area contributed by atoms with E-state index in [1.54, 1.807) is 11.3 Å². The zero-order valence-electron chi connectivity index (χ0n) is 14.3. The quantitative estimate of drug-likeness (QED) is 0.372. The molecule has 2 aromatic rings. The molecule has 1 aromatic carbocycles. The van der Waals surface area contributed by atoms with Gasteiger partial charge in [-0.1, -0.05) is 6.07 Å². The first kappa shape index (κ1) is 21.0. The van der Waals surface area contributed by atoms with Crippen molar-refractivity contribution in [2.45, 2.75) is 19.4 Å². The molecule has 0 spiro atoms. The molecule has 1 fully saturated rings. The highest BCUT2D eigenvalue weighted by Gasteiger charge is 2.20. The maximum absolute atomic E-state index is 13.6. The molecule has 1 aliphatic heterocycles. The molecule has 1 atom stereocenters. The van der Waals surface area contributed by atoms with Gasteiger partial charge < -0.3 is 11.1 Å². The number of nitrogens with zero attached hydrogens (tertiary/aromatic N) is 2. The molecular formula is C18H23F2IN4S. The summed E-state index contributed by atoms with van der Waals surface area (Å²) in [5.74, 6) is -0.543. The number of halogens is 3. The van der Waals surface area contributed by atoms with Gasteiger partial charge in [-0.2, -0.15) is 0 Å². The van der Waals surface area contributed by atoms with Gasteiger partial charge >= 0.3 is 0 Å². The zero-order chi connectivity index (χ0) is 17.6. The van der Waals surface area contributed by atoms with Crippen molar-refractivity contribution in [2.75, 3.05) is 25.0 Å². The van der Waals surface area contributed by atoms with Crippen LogP contribution in [0.4, 0.5) is 14.5 Å². The maximum atomic E-state index is 13.6. The van der Waals surface area contributed by atoms with Gasteiger partial charge in [-0.3, -0.25) is 9.89 Å². The summed E-state index contributed by atoms with van der Waals surface area (Å²) in [6, 6.07) is 7.43. The Labute approximate surface area is 173 Å². The number of anilines is 1. The van der Waals surface area contributed by atoms with E-state index < -0.39 is 11.6 Å². The lowest BCUT2D eigenvalue weighted by Crippen LogP contribution is -2.36. The van der Waals surface area contributed by atoms with Gasteiger partial charge in [-0.25, -0.2) is 8.78 Å². The number of nitrogens with two attached hydrogens (primary N) is 1. The van der Waals surface area contributed by atoms with Crippen LogP contribution >= 0.6 is 35.3 Å². The van der Waals surface area contributed by atoms with E-state index in [1.165, 1.54) is 4.88 Å². The second-order valence-electron chi connectivity index (χ2n) is 6.30. The van der Waals surface area contributed by atoms with Crippen molar-refractivity contribution in [2.24, 2.45) is 16.6 Å². The van der Waals surface area contributed by atoms with Crippen molar-refractivity contribution in [3.05, 3.63) is 52.2 Å². The lowest BCUT2D eigenvalue weighted by molar-refractivity contribution is 0.172. The number of piperidine rings is 1. The molecule has 26 heavy (non-hydrogen) atoms. The molecule has 0 radical (unpaired) electrons. The Bertz CT molecular complexity index is 724. The zero-order valence-corrected chi connectivity index (χ0v) is 17.5. The molecule has 0 saturated carbocycles. The predicted octanol–water partition coefficient (Wildman–Crippen LogP) is 4.28. The average Bonchev–Trinajstić information content (AvgIpc) is 3.10. The van der Waals surface area contributed by atoms with Crippen molar-refractivity contribution in [3.63, 3.8) is 0 Å². The Hall–Kier alpha value is -1.26. The third kappa shape index (κ3) is 6.17. The van der Waals surface area contributed by atoms with Crippen LogP contribution in [0, 0.1) is 17.6 Å². The summed E-state index contributed by atoms with van der Waals surface area (Å²) < 4.78 is 26.8. The number of hydrogen-bond acceptors (Lipinski definition) is 3. The van der Waals surface area contributed by atoms with Gasteiger partial charge in [0.1, 0.15) is 11.6 Å². The van der Waals surface area contributed by atoms with Gasteiger partial charge in [0.2, 0.25) is 0 Å². The fourth-order valence-corrected chi connectivity index (χ4v) is 3.81. The molecule has 1 unspecified atom stereocenters. The first-order valence-corrected chi connectivity index (χ1v) is 9.25. The summed E-state index contributed by atoms with van der Waals surface area (Å²) in [5.41, 5.74) is 5.83. The van der Waals surface area contributed by atoms with Crippen LogP contribution < -0.4 is 11.1 Å². The molecule has 142 valence electrons. The molecule has 0 amide bonds. The highest BCUT2D eigenvalue weighted by atomic mass is 127. The molecule has 4 nitrogen and oxygen atoms in total. The fourth-order valence-electron chi connectivity index (χ4n) is 3.07. The highest BCUT2D eigenvalue weighted by Crippen LogP contribution is 2.21. The first-order chi connectivity index (χ1) is 12.1. The van der Waals surface area contributed by atoms with Crippen molar-refractivity contribution in [1.29, 1.82) is 0 Å². The van der Waals surface area contributed by atoms with E-state index in [1.807, 2.05) is 0 Å². The van der Waals surface area contributed by atoms with E-state index in [9.17, 15) is 8.78 Å². The number of nitrogens with one attached hydrogen (secondary N) is 1. The second kappa shape index (κ2) is 10.2. The lowest BCUT2D eigenvalue weighted by atomic mass is 9.98. The summed E-state index contributed by atoms with van der Waals surface area (Å²) in [5, 5.41) is 4.74. The van der Waals surface area contributed by atoms with Crippen molar-refractivity contribution < 1.29 is 8.78 Å². The Morgan fingerprint density at radius 2 is 2.19 bits per heavy atom. The molecule has 8 heteroatoms. The number of guanidine groups is 1. The SMILES string of the molecule is I.NC(=NCC1CCCN(Cc2cccs2)C1)Nc1cc(F)ccc1F. The standard InChI is InChI=1S/C18H22F2N4S.HI/c19-14-5-6-16(20)17(9-14)23-18(21)22-10-13-3-1-7-24(11-13)12-15-4-2-8-25-15;/h2,4-6,8-9,13H,1,3,7,10-12H2,(H3,21,22,23);1H. The van der Waals surface area contributed by atoms with Gasteiger partial charge in [0.15, 0.2) is 5.96 Å². The van der Waals surface area contributed by atoms with Gasteiger partial charge in [-0.05, 0) is 48.9 Å². The minimum atomic E-state index is -0.556. The van der Waals surface area contributed by atoms with Crippen LogP contribution in [0.25, 0.3) is 0 Å². The Morgan fingerprint density at radius 1 is 1.35 bits per heavy atom. The Kier molecular flexibility index (Phi) is 8.23. The van der Waals surface area contributed by atoms with Crippen LogP contribution in [0.1, 0.15) is 17.7 Å². The van der Waals surface area contributed by atoms with Crippen molar-refractivity contribution in [1.82, 2.24) is 4.90 Å². The fraction of sp³-hybridized carbons (Fsp3) is 0.389. The van der Waals surface area contributed by atoms with Gasteiger partial charge in [0, 0.05) is 30.6 Å². The van der Waals surface area contributed by atoms with E-state index in [2.05, 4.69) is 32.7 Å². The third-order valence-corrected chi connectivity index (χ3v) is 5.13. The molecule has 2 heterocycles. The van der Waals surface area contributed by atoms with Crippen LogP contribution in [-0.4, -0.2) is 30.5 Å². The number of likely N-dealkylation sites (tertiary alicyclic amines) is 1. The Morgan fingerprint density at radius 3 is 2.96 bits per heavy atom. The van der Waals surface area contributed by atoms with Crippen LogP contribution in [0.15, 0.2) is 40.7 Å². The van der Waals surface area contributed by atoms with Gasteiger partial charge in [0.25, 0.3) is 0 Å². The van der Waals surface area contributed by atoms with Crippen LogP contribution in [0.3, 0.4) is 0 Å². The number of hydrogen-bond donors (Lipinski definition) is 2. The normalized spacial score (nSPS) is 18.4. The van der Waals surface area contributed by atoms with Crippen LogP contribution in [0.2, 0.25) is 0 Å². The van der Waals surface area contributed by atoms with Crippen LogP contribution in [0.5, 0.6) is 0 Å². The molecule has 1 aromatic heterocycles. The summed E-state index contributed by atoms with van der Waals surface area (Å²) in [4.78, 5) is 8.12. The van der Waals surface area contributed by atoms with Gasteiger partial charge in [0.05, 0.1) is 5.69 Å². The van der Waals surface area contributed by atoms with E-state index in [4.69, 9.17) is 5.73 Å². The number of thiophene rings is 1. The lowest BCUT2D eigenvalue weighted by Gasteiger charge is -2.31. The summed E-state index contributed by atoms with van der Waals surface area (Å²) in [6.07, 6.45) is 2.24. The molecule has 1 saturated heterocycles. The Balaban J connectivity index is 0.00000243. The second-order valence-corrected chi connectivity index (χ2v) is 7.33. The molecule has 3 rings (SSSR count). The number of rotatable bonds is 5. The molecule has 1 aliphatic rings. The molecule has 0 bridgehead atoms. The topological polar surface area (TPSA) is 53.6 Å². The summed E-state index contributed by atoms with van der Waals surface area (Å²) >= 11 is 1.77. The van der Waals surface area contributed by atoms with E-state index in [-0.39, 0.29) is 35.6 Å². The van der Waals surface area contributed by atoms with Gasteiger partial charge in [-0.15, -0.1) is 35.3 Å². The highest BCUT2D eigenvalue weighted by molar-refractivity contribution is 14.0. The molecule has 3 N–H and O–H groups in total. The summed E-state index contributed by atoms with van der Waals surface area (Å²) in [6.45, 7) is 3.63. The van der Waals surface area contributed by atoms with Crippen LogP contribution in [-0.2, 0) is 6.54 Å². The van der Waals surface area contributed by atoms with Crippen molar-refractivity contribution in [3.8, 4) is 0 Å². The maximum Gasteiger partial charge on any atom is 0.193 e. The molecular weight excluding hydrogens is 469 g/mol. The first-order valence-electron chi connectivity index (χ1n) is 8.37. The van der Waals surface area contributed by atoms with E-state index in [0.29, 0.717) is 12.5 Å². The van der Waals surface area contributed by atoms with Crippen molar-refractivity contribution >= 4 is 47.0 Å². The largest absolute Gasteiger partial charge is 0.370 e. The average molecular weight is 492 g/mol. The van der Waals surface area contributed by atoms with E-state index >= 15 is 0 Å². The predicted molar refractivity (Wildman–Crippen MR) is 114 cm³/mol. The van der Waals surface area contributed by atoms with E-state index in [0.717, 1.165) is 50.7 Å². The molecule has 0 aliphatic carbocycles. The smallest absolute Gasteiger partial charge is 0.193 e. The number of aliphatic imine (C=N–C) groups is 1. The minimum Gasteiger partial charge on any atom is -0.370 e. The number of benzene rings is 1. The monoisotopic (exact) mass is 492 g/mol. The third-order valence-electron chi connectivity index (χ3n) is 4.27. The minimum absolute atomic E-state index is 0.